The Morgan fingerprint density at radius 3 is 2.28 bits per heavy atom. The fourth-order valence-electron chi connectivity index (χ4n) is 3.21. The highest BCUT2D eigenvalue weighted by molar-refractivity contribution is 7.89. The number of nitro benzene ring substituents is 1. The maximum atomic E-state index is 13.0. The third-order valence-corrected chi connectivity index (χ3v) is 6.81. The molecule has 1 aliphatic heterocycles. The Labute approximate surface area is 187 Å². The standard InChI is InChI=1S/C19H29N5O7S/c1-13(17(25)20-18(26)21-19(2,3)4)22-8-10-23(11-9-22)32(29,30)14-6-7-16(31-5)15(12-14)24(27)28/h6-7,12-13H,8-11H2,1-5H3,(H2,20,21,25,26). The van der Waals surface area contributed by atoms with Gasteiger partial charge in [-0.05, 0) is 39.8 Å². The van der Waals surface area contributed by atoms with Crippen LogP contribution in [0.2, 0.25) is 0 Å². The van der Waals surface area contributed by atoms with Gasteiger partial charge in [0.25, 0.3) is 0 Å². The Kier molecular flexibility index (Phi) is 7.80. The van der Waals surface area contributed by atoms with Crippen LogP contribution >= 0.6 is 0 Å². The minimum atomic E-state index is -3.97. The molecular formula is C19H29N5O7S. The zero-order valence-corrected chi connectivity index (χ0v) is 19.6. The Morgan fingerprint density at radius 1 is 1.19 bits per heavy atom. The van der Waals surface area contributed by atoms with E-state index in [1.165, 1.54) is 23.5 Å². The molecule has 1 atom stereocenters. The molecule has 2 rings (SSSR count). The summed E-state index contributed by atoms with van der Waals surface area (Å²) >= 11 is 0. The molecule has 0 aromatic heterocycles. The van der Waals surface area contributed by atoms with Crippen LogP contribution in [0.3, 0.4) is 0 Å². The van der Waals surface area contributed by atoms with Crippen molar-refractivity contribution in [1.82, 2.24) is 19.8 Å². The number of carbonyl (C=O) groups excluding carboxylic acids is 2. The van der Waals surface area contributed by atoms with E-state index in [2.05, 4.69) is 10.6 Å². The van der Waals surface area contributed by atoms with Gasteiger partial charge < -0.3 is 10.1 Å². The first-order valence-corrected chi connectivity index (χ1v) is 11.4. The Morgan fingerprint density at radius 2 is 1.78 bits per heavy atom. The highest BCUT2D eigenvalue weighted by Gasteiger charge is 2.33. The predicted octanol–water partition coefficient (Wildman–Crippen LogP) is 0.923. The summed E-state index contributed by atoms with van der Waals surface area (Å²) < 4.78 is 32.1. The maximum Gasteiger partial charge on any atom is 0.321 e. The quantitative estimate of drug-likeness (QED) is 0.459. The number of rotatable bonds is 6. The van der Waals surface area contributed by atoms with E-state index >= 15 is 0 Å². The fraction of sp³-hybridized carbons (Fsp3) is 0.579. The first kappa shape index (κ1) is 25.5. The number of carbonyl (C=O) groups is 2. The predicted molar refractivity (Wildman–Crippen MR) is 116 cm³/mol. The van der Waals surface area contributed by atoms with Gasteiger partial charge in [-0.25, -0.2) is 13.2 Å². The molecule has 1 saturated heterocycles. The van der Waals surface area contributed by atoms with Crippen molar-refractivity contribution >= 4 is 27.6 Å². The molecule has 3 amide bonds. The van der Waals surface area contributed by atoms with Crippen molar-refractivity contribution in [1.29, 1.82) is 0 Å². The van der Waals surface area contributed by atoms with Gasteiger partial charge in [-0.15, -0.1) is 0 Å². The molecule has 2 N–H and O–H groups in total. The lowest BCUT2D eigenvalue weighted by Gasteiger charge is -2.36. The number of sulfonamides is 1. The summed E-state index contributed by atoms with van der Waals surface area (Å²) in [5, 5.41) is 16.1. The molecule has 1 aromatic rings. The molecule has 0 spiro atoms. The molecule has 1 heterocycles. The first-order valence-electron chi connectivity index (χ1n) is 9.96. The molecule has 1 aliphatic rings. The van der Waals surface area contributed by atoms with Crippen LogP contribution in [0.1, 0.15) is 27.7 Å². The highest BCUT2D eigenvalue weighted by atomic mass is 32.2. The van der Waals surface area contributed by atoms with Gasteiger partial charge in [0, 0.05) is 37.8 Å². The van der Waals surface area contributed by atoms with Crippen molar-refractivity contribution in [3.63, 3.8) is 0 Å². The molecule has 0 bridgehead atoms. The van der Waals surface area contributed by atoms with Gasteiger partial charge in [0.2, 0.25) is 15.9 Å². The number of urea groups is 1. The van der Waals surface area contributed by atoms with Gasteiger partial charge in [-0.1, -0.05) is 0 Å². The van der Waals surface area contributed by atoms with Crippen LogP contribution in [0.5, 0.6) is 5.75 Å². The minimum Gasteiger partial charge on any atom is -0.490 e. The molecule has 0 saturated carbocycles. The van der Waals surface area contributed by atoms with Gasteiger partial charge in [0.1, 0.15) is 0 Å². The lowest BCUT2D eigenvalue weighted by Crippen LogP contribution is -2.57. The smallest absolute Gasteiger partial charge is 0.321 e. The van der Waals surface area contributed by atoms with Crippen LogP contribution in [0.4, 0.5) is 10.5 Å². The number of methoxy groups -OCH3 is 1. The van der Waals surface area contributed by atoms with E-state index in [4.69, 9.17) is 4.74 Å². The third kappa shape index (κ3) is 6.14. The number of hydrogen-bond donors (Lipinski definition) is 2. The second-order valence-electron chi connectivity index (χ2n) is 8.40. The largest absolute Gasteiger partial charge is 0.490 e. The van der Waals surface area contributed by atoms with Crippen molar-refractivity contribution in [2.75, 3.05) is 33.3 Å². The van der Waals surface area contributed by atoms with Crippen LogP contribution in [0.15, 0.2) is 23.1 Å². The molecule has 12 nitrogen and oxygen atoms in total. The van der Waals surface area contributed by atoms with E-state index in [0.717, 1.165) is 6.07 Å². The Bertz CT molecular complexity index is 982. The minimum absolute atomic E-state index is 0.0332. The van der Waals surface area contributed by atoms with Gasteiger partial charge in [0.15, 0.2) is 5.75 Å². The number of imide groups is 1. The maximum absolute atomic E-state index is 13.0. The van der Waals surface area contributed by atoms with E-state index in [1.807, 2.05) is 0 Å². The summed E-state index contributed by atoms with van der Waals surface area (Å²) in [5.74, 6) is -0.525. The van der Waals surface area contributed by atoms with Crippen molar-refractivity contribution < 1.29 is 27.7 Å². The SMILES string of the molecule is COc1ccc(S(=O)(=O)N2CCN(C(C)C(=O)NC(=O)NC(C)(C)C)CC2)cc1[N+](=O)[O-]. The van der Waals surface area contributed by atoms with Gasteiger partial charge in [0.05, 0.1) is 23.0 Å². The van der Waals surface area contributed by atoms with Crippen LogP contribution in [0.25, 0.3) is 0 Å². The van der Waals surface area contributed by atoms with Crippen molar-refractivity contribution in [3.05, 3.63) is 28.3 Å². The van der Waals surface area contributed by atoms with E-state index in [-0.39, 0.29) is 36.8 Å². The highest BCUT2D eigenvalue weighted by Crippen LogP contribution is 2.30. The molecule has 178 valence electrons. The normalized spacial score (nSPS) is 16.8. The zero-order valence-electron chi connectivity index (χ0n) is 18.7. The van der Waals surface area contributed by atoms with Gasteiger partial charge in [-0.3, -0.25) is 25.1 Å². The molecule has 13 heteroatoms. The van der Waals surface area contributed by atoms with Crippen molar-refractivity contribution in [2.45, 2.75) is 44.2 Å². The monoisotopic (exact) mass is 471 g/mol. The van der Waals surface area contributed by atoms with E-state index in [9.17, 15) is 28.1 Å². The van der Waals surface area contributed by atoms with Gasteiger partial charge in [-0.2, -0.15) is 4.31 Å². The number of nitro groups is 1. The summed E-state index contributed by atoms with van der Waals surface area (Å²) in [4.78, 5) is 36.4. The molecule has 1 fully saturated rings. The fourth-order valence-corrected chi connectivity index (χ4v) is 4.65. The molecule has 1 aromatic carbocycles. The molecule has 0 radical (unpaired) electrons. The second kappa shape index (κ2) is 9.79. The van der Waals surface area contributed by atoms with Gasteiger partial charge >= 0.3 is 11.7 Å². The molecule has 0 aliphatic carbocycles. The van der Waals surface area contributed by atoms with Crippen molar-refractivity contribution in [2.24, 2.45) is 0 Å². The summed E-state index contributed by atoms with van der Waals surface area (Å²) in [5.41, 5.74) is -0.935. The number of piperazine rings is 1. The number of amides is 3. The van der Waals surface area contributed by atoms with E-state index in [0.29, 0.717) is 0 Å². The second-order valence-corrected chi connectivity index (χ2v) is 10.3. The van der Waals surface area contributed by atoms with E-state index in [1.54, 1.807) is 32.6 Å². The number of ether oxygens (including phenoxy) is 1. The summed E-state index contributed by atoms with van der Waals surface area (Å²) in [6.45, 7) is 7.70. The Hall–Kier alpha value is -2.77. The molecular weight excluding hydrogens is 442 g/mol. The summed E-state index contributed by atoms with van der Waals surface area (Å²) in [6.07, 6.45) is 0. The van der Waals surface area contributed by atoms with Crippen LogP contribution in [-0.2, 0) is 14.8 Å². The van der Waals surface area contributed by atoms with Crippen LogP contribution < -0.4 is 15.4 Å². The summed E-state index contributed by atoms with van der Waals surface area (Å²) in [7, 11) is -2.71. The average molecular weight is 472 g/mol. The molecule has 1 unspecified atom stereocenters. The topological polar surface area (TPSA) is 151 Å². The lowest BCUT2D eigenvalue weighted by molar-refractivity contribution is -0.386. The van der Waals surface area contributed by atoms with Crippen molar-refractivity contribution in [3.8, 4) is 5.75 Å². The number of benzene rings is 1. The third-order valence-electron chi connectivity index (χ3n) is 4.91. The molecule has 32 heavy (non-hydrogen) atoms. The number of nitrogens with one attached hydrogen (secondary N) is 2. The average Bonchev–Trinajstić information content (AvgIpc) is 2.71. The lowest BCUT2D eigenvalue weighted by atomic mass is 10.1. The first-order chi connectivity index (χ1) is 14.8. The summed E-state index contributed by atoms with van der Waals surface area (Å²) in [6, 6.07) is 2.24. The number of nitrogens with zero attached hydrogens (tertiary/aromatic N) is 3. The van der Waals surface area contributed by atoms with Crippen LogP contribution in [0, 0.1) is 10.1 Å². The van der Waals surface area contributed by atoms with Crippen LogP contribution in [-0.4, -0.2) is 79.4 Å². The van der Waals surface area contributed by atoms with E-state index < -0.39 is 44.2 Å². The number of hydrogen-bond acceptors (Lipinski definition) is 8. The Balaban J connectivity index is 2.04. The zero-order chi connectivity index (χ0) is 24.3.